The Balaban J connectivity index is 0.000000194. The smallest absolute Gasteiger partial charge is 1.00 e. The molecule has 0 bridgehead atoms. The number of benzene rings is 9. The molecule has 296 valence electrons. The Bertz CT molecular complexity index is 1870. The van der Waals surface area contributed by atoms with E-state index in [1.807, 2.05) is 0 Å². The summed E-state index contributed by atoms with van der Waals surface area (Å²) in [4.78, 5) is 0. The summed E-state index contributed by atoms with van der Waals surface area (Å²) in [7, 11) is -1.34. The van der Waals surface area contributed by atoms with Gasteiger partial charge < -0.3 is 24.8 Å². The molecule has 0 aliphatic rings. The first-order valence-corrected chi connectivity index (χ1v) is 23.2. The molecule has 0 saturated heterocycles. The third-order valence-electron chi connectivity index (χ3n) is 9.13. The van der Waals surface area contributed by atoms with Gasteiger partial charge in [-0.2, -0.15) is 0 Å². The summed E-state index contributed by atoms with van der Waals surface area (Å²) < 4.78 is 0. The fourth-order valence-corrected chi connectivity index (χ4v) is 13.5. The standard InChI is InChI=1S/3C18H15P.2ClH.Os/c3*1-4-10-16(11-5-1)19(17-12-6-2-7-13-17)18-14-8-3-9-15-18;;;/h3*1-15H;2*1H;/q;;;;;+4/p-2. The van der Waals surface area contributed by atoms with Crippen LogP contribution in [-0.4, -0.2) is 0 Å². The molecule has 0 radical (unpaired) electrons. The van der Waals surface area contributed by atoms with Crippen LogP contribution in [0.25, 0.3) is 0 Å². The zero-order valence-corrected chi connectivity index (χ0v) is 39.7. The molecule has 0 N–H and O–H groups in total. The van der Waals surface area contributed by atoms with Crippen LogP contribution < -0.4 is 72.6 Å². The number of hydrogen-bond donors (Lipinski definition) is 0. The molecule has 0 aliphatic heterocycles. The van der Waals surface area contributed by atoms with Crippen LogP contribution in [0.1, 0.15) is 0 Å². The Hall–Kier alpha value is -4.51. The van der Waals surface area contributed by atoms with Crippen LogP contribution in [0.2, 0.25) is 0 Å². The van der Waals surface area contributed by atoms with E-state index in [1.165, 1.54) is 47.7 Å². The molecule has 60 heavy (non-hydrogen) atoms. The molecular weight excluding hydrogens is 1000 g/mol. The predicted octanol–water partition coefficient (Wildman–Crippen LogP) is 4.34. The molecule has 9 aromatic carbocycles. The van der Waals surface area contributed by atoms with Crippen molar-refractivity contribution in [3.05, 3.63) is 273 Å². The van der Waals surface area contributed by atoms with E-state index in [9.17, 15) is 0 Å². The van der Waals surface area contributed by atoms with Gasteiger partial charge in [0.25, 0.3) is 0 Å². The summed E-state index contributed by atoms with van der Waals surface area (Å²) in [5.41, 5.74) is 0. The largest absolute Gasteiger partial charge is 4.00 e. The van der Waals surface area contributed by atoms with Crippen molar-refractivity contribution in [3.8, 4) is 0 Å². The number of rotatable bonds is 9. The molecule has 0 aliphatic carbocycles. The van der Waals surface area contributed by atoms with Crippen molar-refractivity contribution in [2.45, 2.75) is 0 Å². The van der Waals surface area contributed by atoms with Crippen LogP contribution in [0, 0.1) is 0 Å². The van der Waals surface area contributed by atoms with E-state index in [4.69, 9.17) is 0 Å². The molecule has 9 aromatic rings. The maximum absolute atomic E-state index is 2.23. The van der Waals surface area contributed by atoms with Crippen LogP contribution >= 0.6 is 23.8 Å². The Labute approximate surface area is 386 Å². The van der Waals surface area contributed by atoms with Crippen molar-refractivity contribution in [2.24, 2.45) is 0 Å². The third-order valence-corrected chi connectivity index (χ3v) is 16.5. The van der Waals surface area contributed by atoms with Gasteiger partial charge in [0.15, 0.2) is 0 Å². The average Bonchev–Trinajstić information content (AvgIpc) is 3.30. The molecule has 0 unspecified atom stereocenters. The van der Waals surface area contributed by atoms with E-state index in [2.05, 4.69) is 273 Å². The van der Waals surface area contributed by atoms with Crippen molar-refractivity contribution in [3.63, 3.8) is 0 Å². The molecule has 0 nitrogen and oxygen atoms in total. The van der Waals surface area contributed by atoms with Gasteiger partial charge in [-0.1, -0.05) is 273 Å². The Morgan fingerprint density at radius 3 is 0.317 bits per heavy atom. The van der Waals surface area contributed by atoms with Gasteiger partial charge in [0.05, 0.1) is 0 Å². The van der Waals surface area contributed by atoms with Crippen molar-refractivity contribution in [2.75, 3.05) is 0 Å². The minimum absolute atomic E-state index is 0. The maximum Gasteiger partial charge on any atom is 4.00 e. The van der Waals surface area contributed by atoms with Gasteiger partial charge >= 0.3 is 19.8 Å². The molecule has 9 rings (SSSR count). The van der Waals surface area contributed by atoms with Gasteiger partial charge in [-0.25, -0.2) is 0 Å². The summed E-state index contributed by atoms with van der Waals surface area (Å²) in [5.74, 6) is 0. The van der Waals surface area contributed by atoms with E-state index in [0.717, 1.165) is 0 Å². The second-order valence-electron chi connectivity index (χ2n) is 13.0. The van der Waals surface area contributed by atoms with Crippen molar-refractivity contribution < 1.29 is 44.6 Å². The summed E-state index contributed by atoms with van der Waals surface area (Å²) in [6, 6.07) is 97.0. The minimum atomic E-state index is -0.446. The predicted molar refractivity (Wildman–Crippen MR) is 255 cm³/mol. The summed E-state index contributed by atoms with van der Waals surface area (Å²) in [6.07, 6.45) is 0. The van der Waals surface area contributed by atoms with E-state index in [0.29, 0.717) is 0 Å². The topological polar surface area (TPSA) is 0 Å². The Morgan fingerprint density at radius 1 is 0.150 bits per heavy atom. The second-order valence-corrected chi connectivity index (χ2v) is 19.7. The van der Waals surface area contributed by atoms with E-state index >= 15 is 0 Å². The molecule has 0 spiro atoms. The van der Waals surface area contributed by atoms with Gasteiger partial charge in [-0.3, -0.25) is 0 Å². The maximum atomic E-state index is 2.23. The molecule has 0 saturated carbocycles. The molecule has 0 aromatic heterocycles. The Kier molecular flexibility index (Phi) is 21.4. The summed E-state index contributed by atoms with van der Waals surface area (Å²) in [5, 5.41) is 12.6. The molecule has 0 heterocycles. The van der Waals surface area contributed by atoms with E-state index in [1.54, 1.807) is 0 Å². The third kappa shape index (κ3) is 13.8. The van der Waals surface area contributed by atoms with Crippen molar-refractivity contribution in [1.82, 2.24) is 0 Å². The Morgan fingerprint density at radius 2 is 0.233 bits per heavy atom. The van der Waals surface area contributed by atoms with Crippen LogP contribution in [0.3, 0.4) is 0 Å². The van der Waals surface area contributed by atoms with Crippen LogP contribution in [-0.2, 0) is 19.8 Å². The number of hydrogen-bond acceptors (Lipinski definition) is 0. The molecule has 0 atom stereocenters. The van der Waals surface area contributed by atoms with Gasteiger partial charge in [0.2, 0.25) is 0 Å². The van der Waals surface area contributed by atoms with Gasteiger partial charge in [-0.05, 0) is 71.5 Å². The van der Waals surface area contributed by atoms with Crippen molar-refractivity contribution >= 4 is 71.5 Å². The minimum Gasteiger partial charge on any atom is -1.00 e. The van der Waals surface area contributed by atoms with Crippen LogP contribution in [0.15, 0.2) is 273 Å². The normalized spacial score (nSPS) is 10.1. The van der Waals surface area contributed by atoms with Crippen molar-refractivity contribution in [1.29, 1.82) is 0 Å². The molecular formula is C54H45Cl2OsP3+2. The fraction of sp³-hybridized carbons (Fsp3) is 0. The first kappa shape index (κ1) is 48.2. The molecule has 6 heteroatoms. The van der Waals surface area contributed by atoms with E-state index < -0.39 is 23.8 Å². The number of halogens is 2. The average molecular weight is 1050 g/mol. The molecule has 0 amide bonds. The first-order valence-electron chi connectivity index (χ1n) is 19.2. The van der Waals surface area contributed by atoms with Crippen LogP contribution in [0.4, 0.5) is 0 Å². The monoisotopic (exact) mass is 1050 g/mol. The summed E-state index contributed by atoms with van der Waals surface area (Å²) >= 11 is 0. The SMILES string of the molecule is [Cl-].[Cl-].[Os+4].c1ccc(P(c2ccccc2)c2ccccc2)cc1.c1ccc(P(c2ccccc2)c2ccccc2)cc1.c1ccc(P(c2ccccc2)c2ccccc2)cc1. The zero-order chi connectivity index (χ0) is 38.7. The van der Waals surface area contributed by atoms with Gasteiger partial charge in [0, 0.05) is 0 Å². The van der Waals surface area contributed by atoms with Gasteiger partial charge in [0.1, 0.15) is 0 Å². The summed E-state index contributed by atoms with van der Waals surface area (Å²) in [6.45, 7) is 0. The fourth-order valence-electron chi connectivity index (χ4n) is 6.54. The van der Waals surface area contributed by atoms with Gasteiger partial charge in [-0.15, -0.1) is 0 Å². The zero-order valence-electron chi connectivity index (χ0n) is 32.9. The second kappa shape index (κ2) is 26.6. The molecule has 0 fully saturated rings. The first-order chi connectivity index (χ1) is 28.3. The van der Waals surface area contributed by atoms with E-state index in [-0.39, 0.29) is 44.6 Å². The van der Waals surface area contributed by atoms with Crippen LogP contribution in [0.5, 0.6) is 0 Å². The quantitative estimate of drug-likeness (QED) is 0.189.